The third-order valence-electron chi connectivity index (χ3n) is 2.85. The lowest BCUT2D eigenvalue weighted by Gasteiger charge is -2.13. The molecule has 0 spiro atoms. The number of anilines is 2. The SMILES string of the molecule is Cc1c(Br)cccc1NS(=O)(=O)c1cc(N)c(F)cc1Cl. The van der Waals surface area contributed by atoms with Gasteiger partial charge in [-0.3, -0.25) is 4.72 Å². The Morgan fingerprint density at radius 3 is 2.67 bits per heavy atom. The van der Waals surface area contributed by atoms with Crippen LogP contribution in [0.15, 0.2) is 39.7 Å². The van der Waals surface area contributed by atoms with Crippen molar-refractivity contribution in [3.8, 4) is 0 Å². The fourth-order valence-electron chi connectivity index (χ4n) is 1.67. The second kappa shape index (κ2) is 5.82. The number of nitrogens with two attached hydrogens (primary N) is 1. The normalized spacial score (nSPS) is 11.4. The van der Waals surface area contributed by atoms with Crippen LogP contribution >= 0.6 is 27.5 Å². The zero-order valence-corrected chi connectivity index (χ0v) is 14.0. The van der Waals surface area contributed by atoms with Gasteiger partial charge in [0.15, 0.2) is 0 Å². The van der Waals surface area contributed by atoms with Gasteiger partial charge in [-0.2, -0.15) is 0 Å². The van der Waals surface area contributed by atoms with Crippen LogP contribution in [0, 0.1) is 12.7 Å². The van der Waals surface area contributed by atoms with Crippen molar-refractivity contribution in [1.29, 1.82) is 0 Å². The summed E-state index contributed by atoms with van der Waals surface area (Å²) in [6, 6.07) is 6.95. The van der Waals surface area contributed by atoms with Crippen molar-refractivity contribution in [3.63, 3.8) is 0 Å². The highest BCUT2D eigenvalue weighted by atomic mass is 79.9. The van der Waals surface area contributed by atoms with E-state index in [2.05, 4.69) is 20.7 Å². The minimum atomic E-state index is -3.97. The zero-order valence-electron chi connectivity index (χ0n) is 10.8. The van der Waals surface area contributed by atoms with E-state index < -0.39 is 15.8 Å². The number of hydrogen-bond acceptors (Lipinski definition) is 3. The van der Waals surface area contributed by atoms with E-state index in [1.807, 2.05) is 0 Å². The predicted octanol–water partition coefficient (Wildman–Crippen LogP) is 3.93. The zero-order chi connectivity index (χ0) is 15.8. The third-order valence-corrected chi connectivity index (χ3v) is 5.54. The number of rotatable bonds is 3. The molecule has 0 radical (unpaired) electrons. The first-order chi connectivity index (χ1) is 9.72. The van der Waals surface area contributed by atoms with Gasteiger partial charge < -0.3 is 5.73 Å². The fourth-order valence-corrected chi connectivity index (χ4v) is 3.71. The predicted molar refractivity (Wildman–Crippen MR) is 85.5 cm³/mol. The first-order valence-electron chi connectivity index (χ1n) is 5.75. The number of benzene rings is 2. The van der Waals surface area contributed by atoms with Crippen molar-refractivity contribution in [1.82, 2.24) is 0 Å². The molecule has 0 saturated carbocycles. The highest BCUT2D eigenvalue weighted by Gasteiger charge is 2.21. The molecular weight excluding hydrogens is 383 g/mol. The summed E-state index contributed by atoms with van der Waals surface area (Å²) in [6.45, 7) is 1.75. The molecule has 0 amide bonds. The van der Waals surface area contributed by atoms with Gasteiger partial charge in [-0.1, -0.05) is 33.6 Å². The summed E-state index contributed by atoms with van der Waals surface area (Å²) < 4.78 is 41.1. The molecule has 21 heavy (non-hydrogen) atoms. The Morgan fingerprint density at radius 1 is 1.33 bits per heavy atom. The second-order valence-electron chi connectivity index (χ2n) is 4.32. The summed E-state index contributed by atoms with van der Waals surface area (Å²) >= 11 is 9.11. The Kier molecular flexibility index (Phi) is 4.46. The molecule has 8 heteroatoms. The van der Waals surface area contributed by atoms with Crippen LogP contribution in [0.1, 0.15) is 5.56 Å². The number of hydrogen-bond donors (Lipinski definition) is 2. The van der Waals surface area contributed by atoms with Crippen LogP contribution in [0.4, 0.5) is 15.8 Å². The Morgan fingerprint density at radius 2 is 2.00 bits per heavy atom. The molecule has 112 valence electrons. The standard InChI is InChI=1S/C13H11BrClFN2O2S/c1-7-8(14)3-2-4-12(7)18-21(19,20)13-6-11(17)10(16)5-9(13)15/h2-6,18H,17H2,1H3. The Hall–Kier alpha value is -1.31. The van der Waals surface area contributed by atoms with Gasteiger partial charge in [0.05, 0.1) is 16.4 Å². The molecule has 0 saturated heterocycles. The van der Waals surface area contributed by atoms with E-state index in [9.17, 15) is 12.8 Å². The number of nitrogen functional groups attached to an aromatic ring is 1. The van der Waals surface area contributed by atoms with Crippen LogP contribution in [-0.2, 0) is 10.0 Å². The summed E-state index contributed by atoms with van der Waals surface area (Å²) in [4.78, 5) is -0.276. The summed E-state index contributed by atoms with van der Waals surface area (Å²) in [5, 5.41) is -0.234. The van der Waals surface area contributed by atoms with Gasteiger partial charge in [-0.05, 0) is 36.8 Å². The summed E-state index contributed by atoms with van der Waals surface area (Å²) in [5.41, 5.74) is 6.22. The van der Waals surface area contributed by atoms with E-state index in [4.69, 9.17) is 17.3 Å². The van der Waals surface area contributed by atoms with Crippen LogP contribution in [0.2, 0.25) is 5.02 Å². The molecule has 0 aliphatic rings. The van der Waals surface area contributed by atoms with Gasteiger partial charge in [-0.25, -0.2) is 12.8 Å². The average Bonchev–Trinajstić information content (AvgIpc) is 2.39. The van der Waals surface area contributed by atoms with Crippen molar-refractivity contribution >= 4 is 48.9 Å². The number of nitrogens with one attached hydrogen (secondary N) is 1. The molecule has 3 N–H and O–H groups in total. The maximum atomic E-state index is 13.3. The molecule has 0 fully saturated rings. The molecule has 2 aromatic rings. The molecule has 0 heterocycles. The summed E-state index contributed by atoms with van der Waals surface area (Å²) in [5.74, 6) is -0.766. The topological polar surface area (TPSA) is 72.2 Å². The lowest BCUT2D eigenvalue weighted by Crippen LogP contribution is -2.15. The molecular formula is C13H11BrClFN2O2S. The van der Waals surface area contributed by atoms with E-state index in [-0.39, 0.29) is 15.6 Å². The van der Waals surface area contributed by atoms with Crippen LogP contribution in [0.25, 0.3) is 0 Å². The number of sulfonamides is 1. The molecule has 0 unspecified atom stereocenters. The van der Waals surface area contributed by atoms with Gasteiger partial charge in [0.2, 0.25) is 0 Å². The largest absolute Gasteiger partial charge is 0.396 e. The molecule has 2 rings (SSSR count). The molecule has 0 aromatic heterocycles. The van der Waals surface area contributed by atoms with Gasteiger partial charge in [0.1, 0.15) is 10.7 Å². The van der Waals surface area contributed by atoms with Gasteiger partial charge in [0, 0.05) is 4.47 Å². The van der Waals surface area contributed by atoms with Crippen LogP contribution < -0.4 is 10.5 Å². The first kappa shape index (κ1) is 16.1. The highest BCUT2D eigenvalue weighted by molar-refractivity contribution is 9.10. The smallest absolute Gasteiger partial charge is 0.263 e. The maximum absolute atomic E-state index is 13.3. The van der Waals surface area contributed by atoms with E-state index in [0.29, 0.717) is 11.3 Å². The summed E-state index contributed by atoms with van der Waals surface area (Å²) in [6.07, 6.45) is 0. The van der Waals surface area contributed by atoms with Gasteiger partial charge in [0.25, 0.3) is 10.0 Å². The maximum Gasteiger partial charge on any atom is 0.263 e. The van der Waals surface area contributed by atoms with E-state index >= 15 is 0 Å². The van der Waals surface area contributed by atoms with E-state index in [0.717, 1.165) is 16.6 Å². The van der Waals surface area contributed by atoms with Crippen molar-refractivity contribution in [2.24, 2.45) is 0 Å². The molecule has 2 aromatic carbocycles. The van der Waals surface area contributed by atoms with E-state index in [1.54, 1.807) is 25.1 Å². The van der Waals surface area contributed by atoms with Crippen LogP contribution in [-0.4, -0.2) is 8.42 Å². The Balaban J connectivity index is 2.48. The van der Waals surface area contributed by atoms with Crippen molar-refractivity contribution in [3.05, 3.63) is 51.2 Å². The van der Waals surface area contributed by atoms with E-state index in [1.165, 1.54) is 0 Å². The Labute approximate surface area is 135 Å². The second-order valence-corrected chi connectivity index (χ2v) is 7.23. The minimum Gasteiger partial charge on any atom is -0.396 e. The molecule has 4 nitrogen and oxygen atoms in total. The average molecular weight is 394 g/mol. The monoisotopic (exact) mass is 392 g/mol. The van der Waals surface area contributed by atoms with Gasteiger partial charge in [-0.15, -0.1) is 0 Å². The molecule has 0 bridgehead atoms. The fraction of sp³-hybridized carbons (Fsp3) is 0.0769. The molecule has 0 aliphatic heterocycles. The quantitative estimate of drug-likeness (QED) is 0.776. The first-order valence-corrected chi connectivity index (χ1v) is 8.40. The lowest BCUT2D eigenvalue weighted by molar-refractivity contribution is 0.600. The summed E-state index contributed by atoms with van der Waals surface area (Å²) in [7, 11) is -3.97. The molecule has 0 atom stereocenters. The Bertz CT molecular complexity index is 812. The highest BCUT2D eigenvalue weighted by Crippen LogP contribution is 2.30. The van der Waals surface area contributed by atoms with Crippen molar-refractivity contribution in [2.45, 2.75) is 11.8 Å². The molecule has 0 aliphatic carbocycles. The van der Waals surface area contributed by atoms with Crippen molar-refractivity contribution < 1.29 is 12.8 Å². The van der Waals surface area contributed by atoms with Crippen LogP contribution in [0.5, 0.6) is 0 Å². The van der Waals surface area contributed by atoms with Gasteiger partial charge >= 0.3 is 0 Å². The van der Waals surface area contributed by atoms with Crippen LogP contribution in [0.3, 0.4) is 0 Å². The van der Waals surface area contributed by atoms with Crippen molar-refractivity contribution in [2.75, 3.05) is 10.5 Å². The number of halogens is 3. The minimum absolute atomic E-state index is 0.234. The lowest BCUT2D eigenvalue weighted by atomic mass is 10.2. The third kappa shape index (κ3) is 3.30.